The molecule has 1 aliphatic carbocycles. The molecule has 1 saturated heterocycles. The minimum Gasteiger partial charge on any atom is -0.372 e. The molecule has 0 radical (unpaired) electrons. The minimum absolute atomic E-state index is 0.139. The lowest BCUT2D eigenvalue weighted by Crippen LogP contribution is -2.53. The van der Waals surface area contributed by atoms with Gasteiger partial charge in [0.05, 0.1) is 0 Å². The zero-order chi connectivity index (χ0) is 19.9. The second-order valence-electron chi connectivity index (χ2n) is 8.26. The summed E-state index contributed by atoms with van der Waals surface area (Å²) < 4.78 is 0. The molecule has 1 aliphatic heterocycles. The maximum Gasteiger partial charge on any atom is 0.317 e. The van der Waals surface area contributed by atoms with Crippen molar-refractivity contribution in [3.05, 3.63) is 23.8 Å². The van der Waals surface area contributed by atoms with Crippen molar-refractivity contribution < 1.29 is 4.79 Å². The number of hydrogen-bond donors (Lipinski definition) is 1. The van der Waals surface area contributed by atoms with E-state index < -0.39 is 0 Å². The van der Waals surface area contributed by atoms with Gasteiger partial charge in [-0.15, -0.1) is 0 Å². The molecule has 3 rings (SSSR count). The van der Waals surface area contributed by atoms with Gasteiger partial charge >= 0.3 is 6.03 Å². The van der Waals surface area contributed by atoms with Crippen molar-refractivity contribution in [3.8, 4) is 0 Å². The van der Waals surface area contributed by atoms with Gasteiger partial charge in [0.25, 0.3) is 0 Å². The summed E-state index contributed by atoms with van der Waals surface area (Å²) in [5.41, 5.74) is 3.92. The molecule has 1 heterocycles. The first-order chi connectivity index (χ1) is 13.6. The molecule has 1 saturated carbocycles. The maximum absolute atomic E-state index is 12.7. The quantitative estimate of drug-likeness (QED) is 0.763. The number of benzene rings is 1. The molecule has 5 heteroatoms. The summed E-state index contributed by atoms with van der Waals surface area (Å²) in [6.45, 7) is 12.1. The Morgan fingerprint density at radius 2 is 1.68 bits per heavy atom. The molecular formula is C23H38N4O. The van der Waals surface area contributed by atoms with Crippen molar-refractivity contribution in [1.29, 1.82) is 0 Å². The number of piperazine rings is 1. The maximum atomic E-state index is 12.7. The second kappa shape index (κ2) is 10.0. The number of aryl methyl sites for hydroxylation is 1. The van der Waals surface area contributed by atoms with E-state index >= 15 is 0 Å². The summed E-state index contributed by atoms with van der Waals surface area (Å²) in [5.74, 6) is 0. The van der Waals surface area contributed by atoms with Crippen molar-refractivity contribution in [2.75, 3.05) is 49.1 Å². The molecule has 5 nitrogen and oxygen atoms in total. The third-order valence-corrected chi connectivity index (χ3v) is 6.40. The van der Waals surface area contributed by atoms with Crippen molar-refractivity contribution >= 4 is 17.4 Å². The molecule has 0 spiro atoms. The van der Waals surface area contributed by atoms with Crippen LogP contribution in [0.1, 0.15) is 57.9 Å². The number of nitrogens with one attached hydrogen (secondary N) is 1. The SMILES string of the molecule is CCN(CC)c1ccc(N2CCN(C(=O)NC3CCCCCC3)CC2)c(C)c1. The fourth-order valence-corrected chi connectivity index (χ4v) is 4.62. The van der Waals surface area contributed by atoms with Crippen LogP contribution in [0.25, 0.3) is 0 Å². The molecule has 28 heavy (non-hydrogen) atoms. The lowest BCUT2D eigenvalue weighted by Gasteiger charge is -2.37. The van der Waals surface area contributed by atoms with Crippen LogP contribution in [-0.4, -0.2) is 56.2 Å². The highest BCUT2D eigenvalue weighted by Crippen LogP contribution is 2.27. The van der Waals surface area contributed by atoms with Crippen LogP contribution in [0.2, 0.25) is 0 Å². The Morgan fingerprint density at radius 3 is 2.25 bits per heavy atom. The van der Waals surface area contributed by atoms with E-state index in [-0.39, 0.29) is 6.03 Å². The average molecular weight is 387 g/mol. The summed E-state index contributed by atoms with van der Waals surface area (Å²) in [5, 5.41) is 3.29. The molecule has 2 aliphatic rings. The van der Waals surface area contributed by atoms with Gasteiger partial charge in [-0.3, -0.25) is 0 Å². The predicted octanol–water partition coefficient (Wildman–Crippen LogP) is 4.40. The van der Waals surface area contributed by atoms with E-state index in [0.29, 0.717) is 6.04 Å². The Hall–Kier alpha value is -1.91. The minimum atomic E-state index is 0.139. The molecule has 2 fully saturated rings. The van der Waals surface area contributed by atoms with Crippen LogP contribution in [-0.2, 0) is 0 Å². The summed E-state index contributed by atoms with van der Waals surface area (Å²) in [6.07, 6.45) is 7.42. The molecule has 156 valence electrons. The summed E-state index contributed by atoms with van der Waals surface area (Å²) in [4.78, 5) is 19.5. The highest BCUT2D eigenvalue weighted by atomic mass is 16.2. The van der Waals surface area contributed by atoms with Gasteiger partial charge in [0.15, 0.2) is 0 Å². The molecule has 1 N–H and O–H groups in total. The lowest BCUT2D eigenvalue weighted by atomic mass is 10.1. The van der Waals surface area contributed by atoms with Crippen LogP contribution in [0, 0.1) is 6.92 Å². The van der Waals surface area contributed by atoms with Gasteiger partial charge < -0.3 is 20.0 Å². The normalized spacial score (nSPS) is 18.7. The number of carbonyl (C=O) groups is 1. The third kappa shape index (κ3) is 5.12. The van der Waals surface area contributed by atoms with Crippen molar-refractivity contribution in [2.24, 2.45) is 0 Å². The Balaban J connectivity index is 1.54. The number of anilines is 2. The summed E-state index contributed by atoms with van der Waals surface area (Å²) >= 11 is 0. The topological polar surface area (TPSA) is 38.8 Å². The van der Waals surface area contributed by atoms with Crippen molar-refractivity contribution in [2.45, 2.75) is 65.3 Å². The molecule has 0 unspecified atom stereocenters. The first-order valence-electron chi connectivity index (χ1n) is 11.3. The molecule has 0 aromatic heterocycles. The number of urea groups is 1. The van der Waals surface area contributed by atoms with E-state index in [1.807, 2.05) is 4.90 Å². The smallest absolute Gasteiger partial charge is 0.317 e. The molecule has 1 aromatic rings. The number of nitrogens with zero attached hydrogens (tertiary/aromatic N) is 3. The zero-order valence-electron chi connectivity index (χ0n) is 18.0. The Bertz CT molecular complexity index is 627. The van der Waals surface area contributed by atoms with Crippen molar-refractivity contribution in [3.63, 3.8) is 0 Å². The zero-order valence-corrected chi connectivity index (χ0v) is 18.0. The van der Waals surface area contributed by atoms with E-state index in [1.54, 1.807) is 0 Å². The average Bonchev–Trinajstić information content (AvgIpc) is 2.98. The van der Waals surface area contributed by atoms with Crippen molar-refractivity contribution in [1.82, 2.24) is 10.2 Å². The molecular weight excluding hydrogens is 348 g/mol. The van der Waals surface area contributed by atoms with Crippen LogP contribution < -0.4 is 15.1 Å². The predicted molar refractivity (Wildman–Crippen MR) is 119 cm³/mol. The first-order valence-corrected chi connectivity index (χ1v) is 11.3. The Kier molecular flexibility index (Phi) is 7.46. The van der Waals surface area contributed by atoms with Crippen LogP contribution in [0.5, 0.6) is 0 Å². The number of rotatable bonds is 5. The highest BCUT2D eigenvalue weighted by molar-refractivity contribution is 5.75. The lowest BCUT2D eigenvalue weighted by molar-refractivity contribution is 0.189. The molecule has 0 atom stereocenters. The monoisotopic (exact) mass is 386 g/mol. The molecule has 2 amide bonds. The van der Waals surface area contributed by atoms with E-state index in [4.69, 9.17) is 0 Å². The first kappa shape index (κ1) is 20.8. The highest BCUT2D eigenvalue weighted by Gasteiger charge is 2.24. The fourth-order valence-electron chi connectivity index (χ4n) is 4.62. The Labute approximate surface area is 171 Å². The standard InChI is InChI=1S/C23H38N4O/c1-4-25(5-2)21-12-13-22(19(3)18-21)26-14-16-27(17-15-26)23(28)24-20-10-8-6-7-9-11-20/h12-13,18,20H,4-11,14-17H2,1-3H3,(H,24,28). The largest absolute Gasteiger partial charge is 0.372 e. The van der Waals surface area contributed by atoms with Gasteiger partial charge in [0.2, 0.25) is 0 Å². The second-order valence-corrected chi connectivity index (χ2v) is 8.26. The van der Waals surface area contributed by atoms with Gasteiger partial charge in [-0.25, -0.2) is 4.79 Å². The summed E-state index contributed by atoms with van der Waals surface area (Å²) in [6, 6.07) is 7.31. The van der Waals surface area contributed by atoms with Gasteiger partial charge in [0.1, 0.15) is 0 Å². The van der Waals surface area contributed by atoms with Crippen LogP contribution in [0.15, 0.2) is 18.2 Å². The van der Waals surface area contributed by atoms with E-state index in [1.165, 1.54) is 42.6 Å². The van der Waals surface area contributed by atoms with Crippen LogP contribution in [0.3, 0.4) is 0 Å². The number of carbonyl (C=O) groups excluding carboxylic acids is 1. The van der Waals surface area contributed by atoms with Gasteiger partial charge in [-0.1, -0.05) is 25.7 Å². The van der Waals surface area contributed by atoms with E-state index in [0.717, 1.165) is 52.1 Å². The summed E-state index contributed by atoms with van der Waals surface area (Å²) in [7, 11) is 0. The number of hydrogen-bond acceptors (Lipinski definition) is 3. The van der Waals surface area contributed by atoms with Gasteiger partial charge in [0, 0.05) is 56.7 Å². The van der Waals surface area contributed by atoms with Gasteiger partial charge in [-0.05, 0) is 57.4 Å². The van der Waals surface area contributed by atoms with Crippen LogP contribution >= 0.6 is 0 Å². The van der Waals surface area contributed by atoms with E-state index in [9.17, 15) is 4.79 Å². The third-order valence-electron chi connectivity index (χ3n) is 6.40. The fraction of sp³-hybridized carbons (Fsp3) is 0.696. The van der Waals surface area contributed by atoms with E-state index in [2.05, 4.69) is 54.1 Å². The molecule has 0 bridgehead atoms. The van der Waals surface area contributed by atoms with Gasteiger partial charge in [-0.2, -0.15) is 0 Å². The number of amides is 2. The molecule has 1 aromatic carbocycles. The van der Waals surface area contributed by atoms with Crippen LogP contribution in [0.4, 0.5) is 16.2 Å². The Morgan fingerprint density at radius 1 is 1.04 bits per heavy atom.